The maximum absolute atomic E-state index is 13.8. The first-order valence-corrected chi connectivity index (χ1v) is 10.5. The second kappa shape index (κ2) is 10.4. The van der Waals surface area contributed by atoms with Gasteiger partial charge in [-0.05, 0) is 36.4 Å². The van der Waals surface area contributed by atoms with E-state index in [-0.39, 0.29) is 33.2 Å². The van der Waals surface area contributed by atoms with Crippen molar-refractivity contribution in [1.29, 1.82) is 0 Å². The molecular weight excluding hydrogens is 558 g/mol. The quantitative estimate of drug-likeness (QED) is 0.302. The second-order valence-corrected chi connectivity index (χ2v) is 7.98. The van der Waals surface area contributed by atoms with E-state index >= 15 is 0 Å². The number of alkyl halides is 7. The molecule has 0 saturated carbocycles. The van der Waals surface area contributed by atoms with Crippen molar-refractivity contribution < 1.29 is 45.1 Å². The molecule has 15 heteroatoms. The first-order chi connectivity index (χ1) is 17.1. The maximum Gasteiger partial charge on any atom is 0.460 e. The molecule has 0 saturated heterocycles. The van der Waals surface area contributed by atoms with E-state index in [4.69, 9.17) is 27.9 Å². The Hall–Kier alpha value is -3.58. The lowest BCUT2D eigenvalue weighted by Crippen LogP contribution is -2.50. The highest BCUT2D eigenvalue weighted by Gasteiger charge is 2.73. The zero-order chi connectivity index (χ0) is 27.6. The number of amides is 3. The van der Waals surface area contributed by atoms with E-state index in [1.807, 2.05) is 0 Å². The molecule has 0 aliphatic rings. The van der Waals surface area contributed by atoms with Crippen molar-refractivity contribution in [3.05, 3.63) is 82.0 Å². The Balaban J connectivity index is 1.67. The average molecular weight is 570 g/mol. The Kier molecular flexibility index (Phi) is 7.89. The summed E-state index contributed by atoms with van der Waals surface area (Å²) in [5.41, 5.74) is -1.54. The highest BCUT2D eigenvalue weighted by atomic mass is 35.5. The number of rotatable bonds is 6. The van der Waals surface area contributed by atoms with E-state index in [0.29, 0.717) is 12.1 Å². The van der Waals surface area contributed by atoms with Gasteiger partial charge >= 0.3 is 24.1 Å². The number of benzene rings is 2. The van der Waals surface area contributed by atoms with Gasteiger partial charge < -0.3 is 10.1 Å². The van der Waals surface area contributed by atoms with Gasteiger partial charge in [-0.15, -0.1) is 0 Å². The monoisotopic (exact) mass is 569 g/mol. The number of halogens is 9. The number of imide groups is 1. The van der Waals surface area contributed by atoms with Crippen LogP contribution in [0.4, 0.5) is 41.2 Å². The van der Waals surface area contributed by atoms with Crippen LogP contribution in [0.5, 0.6) is 11.6 Å². The number of ether oxygens (including phenoxy) is 1. The number of carbonyl (C=O) groups is 2. The maximum atomic E-state index is 13.8. The lowest BCUT2D eigenvalue weighted by molar-refractivity contribution is -0.359. The number of pyridine rings is 1. The summed E-state index contributed by atoms with van der Waals surface area (Å²) >= 11 is 11.9. The molecule has 0 aliphatic heterocycles. The SMILES string of the molecule is O=C(NC(=O)c1ccccc1Cl)Nc1ccc(Oc2ccc(C(F)(F)C(F)(F)C(F)(F)F)cn2)c(Cl)c1. The molecule has 1 aromatic heterocycles. The lowest BCUT2D eigenvalue weighted by Gasteiger charge is -2.28. The van der Waals surface area contributed by atoms with Gasteiger partial charge in [0.05, 0.1) is 15.6 Å². The Labute approximate surface area is 213 Å². The first kappa shape index (κ1) is 28.0. The molecule has 2 aromatic carbocycles. The summed E-state index contributed by atoms with van der Waals surface area (Å²) in [6.07, 6.45) is -6.38. The standard InChI is InChI=1S/C22H12Cl2F7N3O3/c23-14-4-2-1-3-13(14)18(35)34-19(36)33-12-6-7-16(15(24)9-12)37-17-8-5-11(10-32-17)20(25,26)21(27,28)22(29,30)31/h1-10H,(H2,33,34,35,36). The molecule has 0 fully saturated rings. The molecule has 3 aromatic rings. The molecule has 196 valence electrons. The largest absolute Gasteiger partial charge is 0.460 e. The van der Waals surface area contributed by atoms with Crippen LogP contribution in [0.15, 0.2) is 60.8 Å². The highest BCUT2D eigenvalue weighted by molar-refractivity contribution is 6.34. The van der Waals surface area contributed by atoms with Crippen molar-refractivity contribution >= 4 is 40.8 Å². The smallest absolute Gasteiger partial charge is 0.437 e. The molecule has 37 heavy (non-hydrogen) atoms. The highest BCUT2D eigenvalue weighted by Crippen LogP contribution is 2.51. The summed E-state index contributed by atoms with van der Waals surface area (Å²) < 4.78 is 96.2. The van der Waals surface area contributed by atoms with Crippen molar-refractivity contribution in [3.8, 4) is 11.6 Å². The zero-order valence-corrected chi connectivity index (χ0v) is 19.4. The van der Waals surface area contributed by atoms with E-state index in [9.17, 15) is 40.3 Å². The van der Waals surface area contributed by atoms with Gasteiger partial charge in [0.2, 0.25) is 5.88 Å². The van der Waals surface area contributed by atoms with Crippen LogP contribution in [-0.4, -0.2) is 29.0 Å². The fraction of sp³-hybridized carbons (Fsp3) is 0.136. The van der Waals surface area contributed by atoms with Crippen molar-refractivity contribution in [2.24, 2.45) is 0 Å². The van der Waals surface area contributed by atoms with Gasteiger partial charge in [-0.3, -0.25) is 10.1 Å². The Morgan fingerprint density at radius 1 is 0.865 bits per heavy atom. The van der Waals surface area contributed by atoms with Crippen LogP contribution < -0.4 is 15.4 Å². The number of aromatic nitrogens is 1. The van der Waals surface area contributed by atoms with E-state index in [2.05, 4.69) is 15.6 Å². The van der Waals surface area contributed by atoms with Crippen molar-refractivity contribution in [2.75, 3.05) is 5.32 Å². The minimum Gasteiger partial charge on any atom is -0.437 e. The number of hydrogen-bond acceptors (Lipinski definition) is 4. The van der Waals surface area contributed by atoms with Crippen LogP contribution in [0.25, 0.3) is 0 Å². The van der Waals surface area contributed by atoms with Crippen molar-refractivity contribution in [1.82, 2.24) is 10.3 Å². The van der Waals surface area contributed by atoms with Gasteiger partial charge in [0.15, 0.2) is 0 Å². The Morgan fingerprint density at radius 2 is 1.54 bits per heavy atom. The molecule has 0 aliphatic carbocycles. The third-order valence-corrected chi connectivity index (χ3v) is 5.22. The van der Waals surface area contributed by atoms with Gasteiger partial charge in [0.1, 0.15) is 5.75 Å². The molecule has 3 amide bonds. The molecule has 0 spiro atoms. The summed E-state index contributed by atoms with van der Waals surface area (Å²) in [5, 5.41) is 4.36. The molecule has 1 heterocycles. The first-order valence-electron chi connectivity index (χ1n) is 9.76. The lowest BCUT2D eigenvalue weighted by atomic mass is 10.0. The fourth-order valence-corrected chi connectivity index (χ4v) is 3.18. The number of urea groups is 1. The summed E-state index contributed by atoms with van der Waals surface area (Å²) in [4.78, 5) is 27.5. The number of carbonyl (C=O) groups excluding carboxylic acids is 2. The van der Waals surface area contributed by atoms with Crippen LogP contribution in [0.2, 0.25) is 10.0 Å². The summed E-state index contributed by atoms with van der Waals surface area (Å²) in [6.45, 7) is 0. The molecule has 0 atom stereocenters. The molecule has 3 rings (SSSR count). The topological polar surface area (TPSA) is 80.3 Å². The number of nitrogens with one attached hydrogen (secondary N) is 2. The Morgan fingerprint density at radius 3 is 2.11 bits per heavy atom. The number of hydrogen-bond donors (Lipinski definition) is 2. The predicted octanol–water partition coefficient (Wildman–Crippen LogP) is 7.43. The van der Waals surface area contributed by atoms with Crippen LogP contribution in [-0.2, 0) is 5.92 Å². The summed E-state index contributed by atoms with van der Waals surface area (Å²) in [6, 6.07) is 9.67. The van der Waals surface area contributed by atoms with E-state index in [0.717, 1.165) is 0 Å². The normalized spacial score (nSPS) is 12.1. The van der Waals surface area contributed by atoms with E-state index in [1.54, 1.807) is 12.1 Å². The summed E-state index contributed by atoms with van der Waals surface area (Å²) in [7, 11) is 0. The molecular formula is C22H12Cl2F7N3O3. The van der Waals surface area contributed by atoms with Gasteiger partial charge in [-0.25, -0.2) is 9.78 Å². The average Bonchev–Trinajstić information content (AvgIpc) is 2.80. The minimum atomic E-state index is -6.49. The van der Waals surface area contributed by atoms with Crippen LogP contribution in [0.3, 0.4) is 0 Å². The van der Waals surface area contributed by atoms with Crippen LogP contribution in [0, 0.1) is 0 Å². The predicted molar refractivity (Wildman–Crippen MR) is 119 cm³/mol. The number of anilines is 1. The molecule has 6 nitrogen and oxygen atoms in total. The zero-order valence-electron chi connectivity index (χ0n) is 17.8. The molecule has 0 radical (unpaired) electrons. The van der Waals surface area contributed by atoms with Gasteiger partial charge in [0, 0.05) is 23.5 Å². The molecule has 0 unspecified atom stereocenters. The fourth-order valence-electron chi connectivity index (χ4n) is 2.74. The van der Waals surface area contributed by atoms with Gasteiger partial charge in [-0.2, -0.15) is 30.7 Å². The van der Waals surface area contributed by atoms with Gasteiger partial charge in [0.25, 0.3) is 5.91 Å². The summed E-state index contributed by atoms with van der Waals surface area (Å²) in [5.74, 6) is -13.3. The van der Waals surface area contributed by atoms with Crippen LogP contribution >= 0.6 is 23.2 Å². The van der Waals surface area contributed by atoms with E-state index < -0.39 is 41.4 Å². The second-order valence-electron chi connectivity index (χ2n) is 7.17. The minimum absolute atomic E-state index is 0.0551. The third-order valence-electron chi connectivity index (χ3n) is 4.60. The van der Waals surface area contributed by atoms with E-state index in [1.165, 1.54) is 30.3 Å². The number of nitrogens with zero attached hydrogens (tertiary/aromatic N) is 1. The Bertz CT molecular complexity index is 1320. The van der Waals surface area contributed by atoms with Gasteiger partial charge in [-0.1, -0.05) is 35.3 Å². The van der Waals surface area contributed by atoms with Crippen molar-refractivity contribution in [3.63, 3.8) is 0 Å². The molecule has 0 bridgehead atoms. The van der Waals surface area contributed by atoms with Crippen molar-refractivity contribution in [2.45, 2.75) is 18.0 Å². The van der Waals surface area contributed by atoms with Crippen LogP contribution in [0.1, 0.15) is 15.9 Å². The third kappa shape index (κ3) is 6.05. The molecule has 2 N–H and O–H groups in total.